The third-order valence-corrected chi connectivity index (χ3v) is 2.25. The van der Waals surface area contributed by atoms with E-state index in [1.54, 1.807) is 6.92 Å². The van der Waals surface area contributed by atoms with E-state index in [0.717, 1.165) is 0 Å². The average molecular weight is 162 g/mol. The lowest BCUT2D eigenvalue weighted by molar-refractivity contribution is -0.117. The number of aldehydes is 1. The van der Waals surface area contributed by atoms with Crippen LogP contribution in [0, 0.1) is 11.8 Å². The molecule has 0 N–H and O–H groups in total. The van der Waals surface area contributed by atoms with Gasteiger partial charge in [-0.2, -0.15) is 0 Å². The molecule has 1 nitrogen and oxygen atoms in total. The molecule has 0 aromatic rings. The monoisotopic (exact) mass is 162 g/mol. The van der Waals surface area contributed by atoms with Crippen molar-refractivity contribution in [1.82, 2.24) is 0 Å². The molecule has 1 aliphatic rings. The highest BCUT2D eigenvalue weighted by molar-refractivity contribution is 5.55. The van der Waals surface area contributed by atoms with Crippen LogP contribution in [0.15, 0.2) is 0 Å². The van der Waals surface area contributed by atoms with E-state index in [-0.39, 0.29) is 5.92 Å². The summed E-state index contributed by atoms with van der Waals surface area (Å²) in [5.41, 5.74) is 0. The van der Waals surface area contributed by atoms with Gasteiger partial charge < -0.3 is 4.79 Å². The normalized spacial score (nSPS) is 45.4. The zero-order valence-corrected chi connectivity index (χ0v) is 6.47. The van der Waals surface area contributed by atoms with Crippen LogP contribution in [0.4, 0.5) is 8.78 Å². The molecule has 0 bridgehead atoms. The van der Waals surface area contributed by atoms with Crippen molar-refractivity contribution < 1.29 is 13.6 Å². The average Bonchev–Trinajstić information content (AvgIpc) is 1.85. The minimum atomic E-state index is -1.27. The summed E-state index contributed by atoms with van der Waals surface area (Å²) in [7, 11) is 0. The van der Waals surface area contributed by atoms with Crippen LogP contribution in [0.5, 0.6) is 0 Å². The molecule has 1 fully saturated rings. The maximum absolute atomic E-state index is 12.9. The van der Waals surface area contributed by atoms with Crippen molar-refractivity contribution in [3.8, 4) is 0 Å². The summed E-state index contributed by atoms with van der Waals surface area (Å²) in [5.74, 6) is -0.942. The largest absolute Gasteiger partial charge is 0.303 e. The molecule has 1 rings (SSSR count). The lowest BCUT2D eigenvalue weighted by atomic mass is 9.81. The number of hydrogen-bond donors (Lipinski definition) is 0. The van der Waals surface area contributed by atoms with Gasteiger partial charge in [0.25, 0.3) is 0 Å². The van der Waals surface area contributed by atoms with Gasteiger partial charge in [-0.15, -0.1) is 0 Å². The Hall–Kier alpha value is -0.470. The van der Waals surface area contributed by atoms with Crippen molar-refractivity contribution in [2.75, 3.05) is 0 Å². The molecular formula is C8H12F2O. The lowest BCUT2D eigenvalue weighted by Crippen LogP contribution is -2.35. The van der Waals surface area contributed by atoms with Gasteiger partial charge in [-0.3, -0.25) is 0 Å². The Morgan fingerprint density at radius 3 is 2.09 bits per heavy atom. The number of halogens is 2. The molecule has 3 heteroatoms. The van der Waals surface area contributed by atoms with Gasteiger partial charge in [0.2, 0.25) is 0 Å². The predicted molar refractivity (Wildman–Crippen MR) is 37.7 cm³/mol. The third kappa shape index (κ3) is 1.76. The zero-order valence-electron chi connectivity index (χ0n) is 6.47. The Kier molecular flexibility index (Phi) is 2.58. The first kappa shape index (κ1) is 8.62. The lowest BCUT2D eigenvalue weighted by Gasteiger charge is -2.29. The van der Waals surface area contributed by atoms with Gasteiger partial charge in [0.05, 0.1) is 5.92 Å². The van der Waals surface area contributed by atoms with E-state index in [4.69, 9.17) is 0 Å². The second-order valence-electron chi connectivity index (χ2n) is 3.32. The van der Waals surface area contributed by atoms with Gasteiger partial charge in [0, 0.05) is 0 Å². The molecule has 0 amide bonds. The number of carbonyl (C=O) groups excluding carboxylic acids is 1. The van der Waals surface area contributed by atoms with Gasteiger partial charge >= 0.3 is 0 Å². The molecule has 1 aliphatic carbocycles. The Morgan fingerprint density at radius 2 is 1.73 bits per heavy atom. The molecule has 0 aromatic heterocycles. The molecule has 64 valence electrons. The molecule has 2 atom stereocenters. The van der Waals surface area contributed by atoms with Crippen LogP contribution < -0.4 is 0 Å². The summed E-state index contributed by atoms with van der Waals surface area (Å²) in [4.78, 5) is 10.2. The maximum atomic E-state index is 12.9. The molecule has 0 aliphatic heterocycles. The number of hydrogen-bond acceptors (Lipinski definition) is 1. The maximum Gasteiger partial charge on any atom is 0.128 e. The van der Waals surface area contributed by atoms with E-state index in [1.807, 2.05) is 0 Å². The fraction of sp³-hybridized carbons (Fsp3) is 0.875. The second-order valence-corrected chi connectivity index (χ2v) is 3.32. The van der Waals surface area contributed by atoms with Gasteiger partial charge in [0.1, 0.15) is 18.6 Å². The van der Waals surface area contributed by atoms with E-state index in [1.165, 1.54) is 0 Å². The SMILES string of the molecule is CC1CC(F)C(C=O)C(F)C1. The summed E-state index contributed by atoms with van der Waals surface area (Å²) in [6.45, 7) is 1.81. The summed E-state index contributed by atoms with van der Waals surface area (Å²) >= 11 is 0. The molecular weight excluding hydrogens is 150 g/mol. The predicted octanol–water partition coefficient (Wildman–Crippen LogP) is 1.91. The highest BCUT2D eigenvalue weighted by Gasteiger charge is 2.36. The van der Waals surface area contributed by atoms with Crippen molar-refractivity contribution in [2.24, 2.45) is 11.8 Å². The summed E-state index contributed by atoms with van der Waals surface area (Å²) in [6, 6.07) is 0. The number of carbonyl (C=O) groups is 1. The molecule has 0 saturated heterocycles. The zero-order chi connectivity index (χ0) is 8.43. The van der Waals surface area contributed by atoms with Crippen LogP contribution in [-0.4, -0.2) is 18.6 Å². The first-order chi connectivity index (χ1) is 5.15. The first-order valence-electron chi connectivity index (χ1n) is 3.88. The van der Waals surface area contributed by atoms with Gasteiger partial charge in [-0.25, -0.2) is 8.78 Å². The van der Waals surface area contributed by atoms with Crippen LogP contribution in [0.3, 0.4) is 0 Å². The minimum Gasteiger partial charge on any atom is -0.303 e. The standard InChI is InChI=1S/C8H12F2O/c1-5-2-7(9)6(4-11)8(10)3-5/h4-8H,2-3H2,1H3. The summed E-state index contributed by atoms with van der Waals surface area (Å²) in [5, 5.41) is 0. The Labute approximate surface area is 64.8 Å². The van der Waals surface area contributed by atoms with Crippen LogP contribution in [0.1, 0.15) is 19.8 Å². The Balaban J connectivity index is 2.58. The minimum absolute atomic E-state index is 0.0659. The van der Waals surface area contributed by atoms with E-state index in [2.05, 4.69) is 0 Å². The smallest absolute Gasteiger partial charge is 0.128 e. The number of rotatable bonds is 1. The second kappa shape index (κ2) is 3.28. The highest BCUT2D eigenvalue weighted by Crippen LogP contribution is 2.31. The van der Waals surface area contributed by atoms with Crippen LogP contribution in [0.2, 0.25) is 0 Å². The highest BCUT2D eigenvalue weighted by atomic mass is 19.1. The molecule has 0 radical (unpaired) electrons. The van der Waals surface area contributed by atoms with Gasteiger partial charge in [0.15, 0.2) is 0 Å². The van der Waals surface area contributed by atoms with Crippen molar-refractivity contribution in [3.05, 3.63) is 0 Å². The summed E-state index contributed by atoms with van der Waals surface area (Å²) in [6.07, 6.45) is -1.49. The quantitative estimate of drug-likeness (QED) is 0.538. The van der Waals surface area contributed by atoms with Gasteiger partial charge in [-0.05, 0) is 18.8 Å². The van der Waals surface area contributed by atoms with Crippen molar-refractivity contribution in [3.63, 3.8) is 0 Å². The van der Waals surface area contributed by atoms with Crippen LogP contribution >= 0.6 is 0 Å². The number of alkyl halides is 2. The Morgan fingerprint density at radius 1 is 1.27 bits per heavy atom. The molecule has 2 unspecified atom stereocenters. The van der Waals surface area contributed by atoms with E-state index in [0.29, 0.717) is 19.1 Å². The van der Waals surface area contributed by atoms with E-state index >= 15 is 0 Å². The molecule has 1 saturated carbocycles. The van der Waals surface area contributed by atoms with Crippen molar-refractivity contribution >= 4 is 6.29 Å². The topological polar surface area (TPSA) is 17.1 Å². The first-order valence-corrected chi connectivity index (χ1v) is 3.88. The third-order valence-electron chi connectivity index (χ3n) is 2.25. The fourth-order valence-electron chi connectivity index (χ4n) is 1.58. The Bertz CT molecular complexity index is 137. The van der Waals surface area contributed by atoms with Gasteiger partial charge in [-0.1, -0.05) is 6.92 Å². The summed E-state index contributed by atoms with van der Waals surface area (Å²) < 4.78 is 25.8. The fourth-order valence-corrected chi connectivity index (χ4v) is 1.58. The molecule has 0 spiro atoms. The van der Waals surface area contributed by atoms with Crippen molar-refractivity contribution in [1.29, 1.82) is 0 Å². The van der Waals surface area contributed by atoms with E-state index in [9.17, 15) is 13.6 Å². The molecule has 0 aromatic carbocycles. The van der Waals surface area contributed by atoms with Crippen LogP contribution in [0.25, 0.3) is 0 Å². The van der Waals surface area contributed by atoms with Crippen molar-refractivity contribution in [2.45, 2.75) is 32.1 Å². The van der Waals surface area contributed by atoms with Crippen LogP contribution in [-0.2, 0) is 4.79 Å². The van der Waals surface area contributed by atoms with E-state index < -0.39 is 18.3 Å². The molecule has 11 heavy (non-hydrogen) atoms. The molecule has 0 heterocycles.